The maximum absolute atomic E-state index is 4.30. The van der Waals surface area contributed by atoms with E-state index in [2.05, 4.69) is 37.7 Å². The summed E-state index contributed by atoms with van der Waals surface area (Å²) in [5.74, 6) is 0. The van der Waals surface area contributed by atoms with E-state index in [1.807, 2.05) is 5.51 Å². The van der Waals surface area contributed by atoms with E-state index >= 15 is 0 Å². The first-order valence-corrected chi connectivity index (χ1v) is 6.30. The Morgan fingerprint density at radius 1 is 1.67 bits per heavy atom. The minimum Gasteiger partial charge on any atom is -0.309 e. The van der Waals surface area contributed by atoms with Gasteiger partial charge in [0.05, 0.1) is 11.2 Å². The van der Waals surface area contributed by atoms with E-state index in [0.29, 0.717) is 6.04 Å². The molecule has 0 bridgehead atoms. The van der Waals surface area contributed by atoms with Crippen molar-refractivity contribution in [2.75, 3.05) is 6.54 Å². The van der Waals surface area contributed by atoms with Gasteiger partial charge in [-0.05, 0) is 33.2 Å². The van der Waals surface area contributed by atoms with Crippen LogP contribution in [0.2, 0.25) is 0 Å². The summed E-state index contributed by atoms with van der Waals surface area (Å²) in [5, 5.41) is 3.51. The van der Waals surface area contributed by atoms with E-state index < -0.39 is 0 Å². The second-order valence-corrected chi connectivity index (χ2v) is 4.79. The van der Waals surface area contributed by atoms with Gasteiger partial charge in [0.1, 0.15) is 0 Å². The van der Waals surface area contributed by atoms with Crippen LogP contribution in [0, 0.1) is 6.92 Å². The molecule has 1 rings (SSSR count). The topological polar surface area (TPSA) is 24.9 Å². The van der Waals surface area contributed by atoms with Gasteiger partial charge in [-0.1, -0.05) is 12.5 Å². The number of nitrogens with one attached hydrogen (secondary N) is 1. The zero-order chi connectivity index (χ0) is 11.3. The first kappa shape index (κ1) is 12.4. The second kappa shape index (κ2) is 6.03. The lowest BCUT2D eigenvalue weighted by Crippen LogP contribution is -2.20. The van der Waals surface area contributed by atoms with Crippen LogP contribution in [-0.4, -0.2) is 11.5 Å². The van der Waals surface area contributed by atoms with Gasteiger partial charge >= 0.3 is 0 Å². The van der Waals surface area contributed by atoms with Crippen LogP contribution in [0.3, 0.4) is 0 Å². The number of aryl methyl sites for hydroxylation is 1. The first-order valence-electron chi connectivity index (χ1n) is 5.42. The Hall–Kier alpha value is -0.670. The molecule has 3 heteroatoms. The molecule has 1 aromatic heterocycles. The van der Waals surface area contributed by atoms with Gasteiger partial charge in [-0.2, -0.15) is 0 Å². The van der Waals surface area contributed by atoms with E-state index in [1.165, 1.54) is 10.5 Å². The monoisotopic (exact) mass is 224 g/mol. The van der Waals surface area contributed by atoms with Crippen molar-refractivity contribution in [3.8, 4) is 0 Å². The third kappa shape index (κ3) is 3.76. The molecule has 0 fully saturated rings. The lowest BCUT2D eigenvalue weighted by Gasteiger charge is -2.16. The van der Waals surface area contributed by atoms with Gasteiger partial charge in [0.15, 0.2) is 0 Å². The predicted octanol–water partition coefficient (Wildman–Crippen LogP) is 3.46. The summed E-state index contributed by atoms with van der Waals surface area (Å²) >= 11 is 1.75. The summed E-state index contributed by atoms with van der Waals surface area (Å²) in [6.45, 7) is 11.3. The maximum Gasteiger partial charge on any atom is 0.0798 e. The zero-order valence-electron chi connectivity index (χ0n) is 9.84. The molecule has 0 amide bonds. The second-order valence-electron chi connectivity index (χ2n) is 3.91. The Morgan fingerprint density at radius 3 is 2.87 bits per heavy atom. The zero-order valence-corrected chi connectivity index (χ0v) is 10.7. The Labute approximate surface area is 96.4 Å². The van der Waals surface area contributed by atoms with Gasteiger partial charge in [0, 0.05) is 10.9 Å². The van der Waals surface area contributed by atoms with E-state index in [-0.39, 0.29) is 0 Å². The van der Waals surface area contributed by atoms with E-state index in [1.54, 1.807) is 11.3 Å². The average molecular weight is 224 g/mol. The van der Waals surface area contributed by atoms with Crippen molar-refractivity contribution in [2.24, 2.45) is 0 Å². The number of rotatable bonds is 6. The van der Waals surface area contributed by atoms with Crippen molar-refractivity contribution in [1.29, 1.82) is 0 Å². The summed E-state index contributed by atoms with van der Waals surface area (Å²) in [7, 11) is 0. The van der Waals surface area contributed by atoms with E-state index in [9.17, 15) is 0 Å². The molecular weight excluding hydrogens is 204 g/mol. The van der Waals surface area contributed by atoms with Crippen LogP contribution in [-0.2, 0) is 0 Å². The minimum absolute atomic E-state index is 0.444. The van der Waals surface area contributed by atoms with Crippen LogP contribution < -0.4 is 5.32 Å². The van der Waals surface area contributed by atoms with Gasteiger partial charge < -0.3 is 5.32 Å². The molecule has 0 aromatic carbocycles. The average Bonchev–Trinajstić information content (AvgIpc) is 2.59. The van der Waals surface area contributed by atoms with E-state index in [4.69, 9.17) is 0 Å². The summed E-state index contributed by atoms with van der Waals surface area (Å²) in [6.07, 6.45) is 2.20. The van der Waals surface area contributed by atoms with Gasteiger partial charge in [-0.15, -0.1) is 17.9 Å². The van der Waals surface area contributed by atoms with Gasteiger partial charge in [0.2, 0.25) is 0 Å². The molecule has 2 nitrogen and oxygen atoms in total. The molecule has 1 unspecified atom stereocenters. The quantitative estimate of drug-likeness (QED) is 0.749. The fourth-order valence-electron chi connectivity index (χ4n) is 1.61. The third-order valence-electron chi connectivity index (χ3n) is 2.41. The van der Waals surface area contributed by atoms with Crippen LogP contribution in [0.5, 0.6) is 0 Å². The standard InChI is InChI=1S/C12H20N2S/c1-5-13-11(7-6-9(2)3)12-10(4)14-8-15-12/h8,11,13H,2,5-7H2,1,3-4H3. The SMILES string of the molecule is C=C(C)CCC(NCC)c1scnc1C. The molecule has 0 saturated carbocycles. The number of nitrogens with zero attached hydrogens (tertiary/aromatic N) is 1. The molecule has 1 atom stereocenters. The van der Waals surface area contributed by atoms with Gasteiger partial charge in [-0.3, -0.25) is 0 Å². The van der Waals surface area contributed by atoms with Crippen molar-refractivity contribution in [2.45, 2.75) is 39.7 Å². The van der Waals surface area contributed by atoms with Gasteiger partial charge in [-0.25, -0.2) is 4.98 Å². The molecular formula is C12H20N2S. The Kier molecular flexibility index (Phi) is 4.99. The number of hydrogen-bond acceptors (Lipinski definition) is 3. The molecule has 1 heterocycles. The molecule has 0 aliphatic heterocycles. The minimum atomic E-state index is 0.444. The van der Waals surface area contributed by atoms with Crippen molar-refractivity contribution in [3.63, 3.8) is 0 Å². The van der Waals surface area contributed by atoms with Crippen LogP contribution in [0.25, 0.3) is 0 Å². The highest BCUT2D eigenvalue weighted by molar-refractivity contribution is 7.09. The van der Waals surface area contributed by atoms with Crippen LogP contribution >= 0.6 is 11.3 Å². The van der Waals surface area contributed by atoms with Crippen molar-refractivity contribution < 1.29 is 0 Å². The summed E-state index contributed by atoms with van der Waals surface area (Å²) in [4.78, 5) is 5.68. The number of aromatic nitrogens is 1. The smallest absolute Gasteiger partial charge is 0.0798 e. The Bertz CT molecular complexity index is 317. The molecule has 1 aromatic rings. The van der Waals surface area contributed by atoms with Crippen LogP contribution in [0.15, 0.2) is 17.7 Å². The van der Waals surface area contributed by atoms with Crippen molar-refractivity contribution >= 4 is 11.3 Å². The molecule has 0 aliphatic rings. The molecule has 0 saturated heterocycles. The van der Waals surface area contributed by atoms with Crippen molar-refractivity contribution in [3.05, 3.63) is 28.2 Å². The highest BCUT2D eigenvalue weighted by atomic mass is 32.1. The van der Waals surface area contributed by atoms with E-state index in [0.717, 1.165) is 25.1 Å². The third-order valence-corrected chi connectivity index (χ3v) is 3.45. The highest BCUT2D eigenvalue weighted by Crippen LogP contribution is 2.26. The fourth-order valence-corrected chi connectivity index (χ4v) is 2.52. The fraction of sp³-hybridized carbons (Fsp3) is 0.583. The van der Waals surface area contributed by atoms with Crippen LogP contribution in [0.1, 0.15) is 43.3 Å². The lowest BCUT2D eigenvalue weighted by molar-refractivity contribution is 0.519. The maximum atomic E-state index is 4.30. The normalized spacial score (nSPS) is 12.7. The summed E-state index contributed by atoms with van der Waals surface area (Å²) in [5.41, 5.74) is 4.34. The molecule has 0 aliphatic carbocycles. The summed E-state index contributed by atoms with van der Waals surface area (Å²) in [6, 6.07) is 0.444. The largest absolute Gasteiger partial charge is 0.309 e. The highest BCUT2D eigenvalue weighted by Gasteiger charge is 2.14. The van der Waals surface area contributed by atoms with Crippen LogP contribution in [0.4, 0.5) is 0 Å². The first-order chi connectivity index (χ1) is 7.15. The Morgan fingerprint density at radius 2 is 2.40 bits per heavy atom. The predicted molar refractivity (Wildman–Crippen MR) is 67.3 cm³/mol. The van der Waals surface area contributed by atoms with Gasteiger partial charge in [0.25, 0.3) is 0 Å². The summed E-state index contributed by atoms with van der Waals surface area (Å²) < 4.78 is 0. The molecule has 1 N–H and O–H groups in total. The molecule has 15 heavy (non-hydrogen) atoms. The number of thiazole rings is 1. The number of allylic oxidation sites excluding steroid dienone is 1. The van der Waals surface area contributed by atoms with Crippen molar-refractivity contribution in [1.82, 2.24) is 10.3 Å². The molecule has 0 radical (unpaired) electrons. The molecule has 84 valence electrons. The molecule has 0 spiro atoms. The Balaban J connectivity index is 2.65. The lowest BCUT2D eigenvalue weighted by atomic mass is 10.1. The number of hydrogen-bond donors (Lipinski definition) is 1.